The van der Waals surface area contributed by atoms with Gasteiger partial charge in [0.25, 0.3) is 0 Å². The van der Waals surface area contributed by atoms with Crippen LogP contribution in [-0.4, -0.2) is 24.6 Å². The van der Waals surface area contributed by atoms with Gasteiger partial charge in [-0.05, 0) is 44.2 Å². The number of aromatic nitrogens is 1. The summed E-state index contributed by atoms with van der Waals surface area (Å²) in [6.45, 7) is 10.7. The second kappa shape index (κ2) is 7.26. The Kier molecular flexibility index (Phi) is 5.63. The normalized spacial score (nSPS) is 15.9. The lowest BCUT2D eigenvalue weighted by molar-refractivity contribution is 0.541. The van der Waals surface area contributed by atoms with Crippen molar-refractivity contribution in [3.63, 3.8) is 0 Å². The van der Waals surface area contributed by atoms with Gasteiger partial charge in [0.2, 0.25) is 0 Å². The number of hydrogen-bond donors (Lipinski definition) is 1. The molecule has 0 unspecified atom stereocenters. The molecule has 1 aromatic rings. The van der Waals surface area contributed by atoms with E-state index in [9.17, 15) is 0 Å². The predicted octanol–water partition coefficient (Wildman–Crippen LogP) is 3.82. The largest absolute Gasteiger partial charge is 0.359 e. The van der Waals surface area contributed by atoms with Crippen molar-refractivity contribution in [2.75, 3.05) is 18.5 Å². The fraction of sp³-hybridized carbons (Fsp3) is 0.722. The fourth-order valence-electron chi connectivity index (χ4n) is 3.35. The first-order chi connectivity index (χ1) is 9.97. The van der Waals surface area contributed by atoms with E-state index in [0.29, 0.717) is 6.04 Å². The Morgan fingerprint density at radius 1 is 1.29 bits per heavy atom. The average molecular weight is 289 g/mol. The van der Waals surface area contributed by atoms with Crippen molar-refractivity contribution in [1.82, 2.24) is 10.3 Å². The fourth-order valence-corrected chi connectivity index (χ4v) is 3.35. The highest BCUT2D eigenvalue weighted by Gasteiger charge is 2.20. The van der Waals surface area contributed by atoms with Crippen LogP contribution in [0.3, 0.4) is 0 Å². The van der Waals surface area contributed by atoms with Crippen LogP contribution < -0.4 is 10.2 Å². The molecule has 0 amide bonds. The van der Waals surface area contributed by atoms with E-state index in [2.05, 4.69) is 51.0 Å². The van der Waals surface area contributed by atoms with E-state index in [1.165, 1.54) is 42.6 Å². The molecule has 1 aliphatic rings. The van der Waals surface area contributed by atoms with Crippen molar-refractivity contribution in [1.29, 1.82) is 0 Å². The second-order valence-corrected chi connectivity index (χ2v) is 6.95. The maximum absolute atomic E-state index is 4.84. The SMILES string of the molecule is Cc1cc(C)c(CNC(C)C)c(N(C)CC2CCCC2)n1. The lowest BCUT2D eigenvalue weighted by atomic mass is 10.1. The van der Waals surface area contributed by atoms with Crippen LogP contribution in [0.1, 0.15) is 56.4 Å². The standard InChI is InChI=1S/C18H31N3/c1-13(2)19-11-17-14(3)10-15(4)20-18(17)21(5)12-16-8-6-7-9-16/h10,13,16,19H,6-9,11-12H2,1-5H3. The highest BCUT2D eigenvalue weighted by Crippen LogP contribution is 2.28. The molecule has 1 N–H and O–H groups in total. The molecule has 1 aliphatic carbocycles. The number of anilines is 1. The van der Waals surface area contributed by atoms with Gasteiger partial charge < -0.3 is 10.2 Å². The van der Waals surface area contributed by atoms with Crippen molar-refractivity contribution < 1.29 is 0 Å². The predicted molar refractivity (Wildman–Crippen MR) is 90.9 cm³/mol. The number of hydrogen-bond acceptors (Lipinski definition) is 3. The summed E-state index contributed by atoms with van der Waals surface area (Å²) in [5.41, 5.74) is 3.83. The zero-order valence-corrected chi connectivity index (χ0v) is 14.4. The van der Waals surface area contributed by atoms with Crippen molar-refractivity contribution >= 4 is 5.82 Å². The van der Waals surface area contributed by atoms with Crippen molar-refractivity contribution in [2.45, 2.75) is 66.0 Å². The highest BCUT2D eigenvalue weighted by atomic mass is 15.2. The number of rotatable bonds is 6. The van der Waals surface area contributed by atoms with Crippen LogP contribution in [0.2, 0.25) is 0 Å². The minimum atomic E-state index is 0.499. The molecule has 118 valence electrons. The number of aryl methyl sites for hydroxylation is 2. The first-order valence-electron chi connectivity index (χ1n) is 8.39. The molecular weight excluding hydrogens is 258 g/mol. The minimum Gasteiger partial charge on any atom is -0.359 e. The van der Waals surface area contributed by atoms with Gasteiger partial charge in [-0.3, -0.25) is 0 Å². The van der Waals surface area contributed by atoms with Gasteiger partial charge >= 0.3 is 0 Å². The van der Waals surface area contributed by atoms with Crippen LogP contribution in [0, 0.1) is 19.8 Å². The lowest BCUT2D eigenvalue weighted by Crippen LogP contribution is -2.29. The van der Waals surface area contributed by atoms with Crippen LogP contribution in [0.5, 0.6) is 0 Å². The Morgan fingerprint density at radius 3 is 2.57 bits per heavy atom. The van der Waals surface area contributed by atoms with E-state index < -0.39 is 0 Å². The molecule has 1 fully saturated rings. The van der Waals surface area contributed by atoms with E-state index in [0.717, 1.165) is 24.7 Å². The molecule has 2 rings (SSSR count). The number of nitrogens with one attached hydrogen (secondary N) is 1. The average Bonchev–Trinajstić information content (AvgIpc) is 2.89. The second-order valence-electron chi connectivity index (χ2n) is 6.95. The molecule has 21 heavy (non-hydrogen) atoms. The van der Waals surface area contributed by atoms with E-state index in [1.807, 2.05) is 0 Å². The molecule has 0 atom stereocenters. The first kappa shape index (κ1) is 16.3. The van der Waals surface area contributed by atoms with Gasteiger partial charge in [0.05, 0.1) is 0 Å². The molecule has 1 aromatic heterocycles. The van der Waals surface area contributed by atoms with Crippen LogP contribution >= 0.6 is 0 Å². The molecule has 1 saturated carbocycles. The Labute approximate surface area is 130 Å². The smallest absolute Gasteiger partial charge is 0.133 e. The molecule has 3 nitrogen and oxygen atoms in total. The van der Waals surface area contributed by atoms with Gasteiger partial charge in [-0.25, -0.2) is 4.98 Å². The summed E-state index contributed by atoms with van der Waals surface area (Å²) in [6, 6.07) is 2.70. The number of nitrogens with zero attached hydrogens (tertiary/aromatic N) is 2. The third kappa shape index (κ3) is 4.44. The lowest BCUT2D eigenvalue weighted by Gasteiger charge is -2.26. The third-order valence-electron chi connectivity index (χ3n) is 4.51. The summed E-state index contributed by atoms with van der Waals surface area (Å²) in [5.74, 6) is 2.02. The molecule has 0 bridgehead atoms. The summed E-state index contributed by atoms with van der Waals surface area (Å²) < 4.78 is 0. The van der Waals surface area contributed by atoms with Gasteiger partial charge in [-0.15, -0.1) is 0 Å². The molecule has 1 heterocycles. The van der Waals surface area contributed by atoms with E-state index in [-0.39, 0.29) is 0 Å². The van der Waals surface area contributed by atoms with Crippen LogP contribution in [-0.2, 0) is 6.54 Å². The van der Waals surface area contributed by atoms with E-state index >= 15 is 0 Å². The Morgan fingerprint density at radius 2 is 1.95 bits per heavy atom. The topological polar surface area (TPSA) is 28.2 Å². The van der Waals surface area contributed by atoms with Crippen LogP contribution in [0.15, 0.2) is 6.07 Å². The van der Waals surface area contributed by atoms with Gasteiger partial charge in [-0.2, -0.15) is 0 Å². The van der Waals surface area contributed by atoms with Crippen molar-refractivity contribution in [2.24, 2.45) is 5.92 Å². The molecule has 0 spiro atoms. The minimum absolute atomic E-state index is 0.499. The summed E-state index contributed by atoms with van der Waals surface area (Å²) in [5, 5.41) is 3.54. The Bertz CT molecular complexity index is 462. The molecule has 0 aliphatic heterocycles. The van der Waals surface area contributed by atoms with E-state index in [1.54, 1.807) is 0 Å². The summed E-state index contributed by atoms with van der Waals surface area (Å²) >= 11 is 0. The molecule has 0 aromatic carbocycles. The van der Waals surface area contributed by atoms with Gasteiger partial charge in [0.1, 0.15) is 5.82 Å². The summed E-state index contributed by atoms with van der Waals surface area (Å²) in [4.78, 5) is 7.22. The van der Waals surface area contributed by atoms with Gasteiger partial charge in [0.15, 0.2) is 0 Å². The number of pyridine rings is 1. The summed E-state index contributed by atoms with van der Waals surface area (Å²) in [7, 11) is 2.21. The molecule has 3 heteroatoms. The van der Waals surface area contributed by atoms with Crippen molar-refractivity contribution in [3.05, 3.63) is 22.9 Å². The van der Waals surface area contributed by atoms with Crippen molar-refractivity contribution in [3.8, 4) is 0 Å². The Balaban J connectivity index is 2.18. The highest BCUT2D eigenvalue weighted by molar-refractivity contribution is 5.51. The van der Waals surface area contributed by atoms with Crippen LogP contribution in [0.4, 0.5) is 5.82 Å². The monoisotopic (exact) mass is 289 g/mol. The molecular formula is C18H31N3. The zero-order valence-electron chi connectivity index (χ0n) is 14.4. The quantitative estimate of drug-likeness (QED) is 0.863. The zero-order chi connectivity index (χ0) is 15.4. The van der Waals surface area contributed by atoms with E-state index in [4.69, 9.17) is 4.98 Å². The summed E-state index contributed by atoms with van der Waals surface area (Å²) in [6.07, 6.45) is 5.57. The van der Waals surface area contributed by atoms with Gasteiger partial charge in [-0.1, -0.05) is 26.7 Å². The maximum atomic E-state index is 4.84. The molecule has 0 saturated heterocycles. The van der Waals surface area contributed by atoms with Gasteiger partial charge in [0, 0.05) is 37.4 Å². The molecule has 0 radical (unpaired) electrons. The third-order valence-corrected chi connectivity index (χ3v) is 4.51. The van der Waals surface area contributed by atoms with Crippen LogP contribution in [0.25, 0.3) is 0 Å². The Hall–Kier alpha value is -1.09. The first-order valence-corrected chi connectivity index (χ1v) is 8.39. The maximum Gasteiger partial charge on any atom is 0.133 e.